The molecule has 14 heavy (non-hydrogen) atoms. The number of hydrogen-bond donors (Lipinski definition) is 6. The molecule has 0 aromatic heterocycles. The maximum atomic E-state index is 10.9. The molecule has 1 unspecified atom stereocenters. The Morgan fingerprint density at radius 3 is 2.07 bits per heavy atom. The van der Waals surface area contributed by atoms with Crippen LogP contribution in [-0.2, 0) is 9.36 Å². The molecule has 7 nitrogen and oxygen atoms in total. The third-order valence-electron chi connectivity index (χ3n) is 1.27. The molecule has 0 bridgehead atoms. The summed E-state index contributed by atoms with van der Waals surface area (Å²) in [6.45, 7) is 0. The van der Waals surface area contributed by atoms with Crippen molar-refractivity contribution in [3.05, 3.63) is 0 Å². The molecule has 0 aliphatic heterocycles. The highest BCUT2D eigenvalue weighted by molar-refractivity contribution is 7.86. The highest BCUT2D eigenvalue weighted by Crippen LogP contribution is 2.48. The second kappa shape index (κ2) is 5.01. The van der Waals surface area contributed by atoms with Crippen molar-refractivity contribution >= 4 is 33.7 Å². The van der Waals surface area contributed by atoms with Gasteiger partial charge in [0.25, 0.3) is 0 Å². The first-order valence-corrected chi connectivity index (χ1v) is 7.34. The van der Waals surface area contributed by atoms with E-state index in [1.807, 2.05) is 0 Å². The summed E-state index contributed by atoms with van der Waals surface area (Å²) < 4.78 is 10.4. The first-order chi connectivity index (χ1) is 6.04. The monoisotopic (exact) mass is 265 g/mol. The van der Waals surface area contributed by atoms with Crippen LogP contribution in [0.25, 0.3) is 0 Å². The van der Waals surface area contributed by atoms with E-state index in [0.717, 1.165) is 0 Å². The predicted octanol–water partition coefficient (Wildman–Crippen LogP) is -0.881. The Morgan fingerprint density at radius 1 is 1.36 bits per heavy atom. The van der Waals surface area contributed by atoms with E-state index >= 15 is 0 Å². The van der Waals surface area contributed by atoms with E-state index in [0.29, 0.717) is 0 Å². The zero-order valence-corrected chi connectivity index (χ0v) is 9.57. The number of rotatable bonds is 5. The topological polar surface area (TPSA) is 135 Å². The molecule has 0 aliphatic rings. The summed E-state index contributed by atoms with van der Waals surface area (Å²) in [6.07, 6.45) is -0.942. The standard InChI is InChI=1S/C4H10O7P2S/c5-4(13(9,10)11)3(14)1-2-12(6,7)8/h3,9-11H,1-2H2,(H2-,6,7,8,14)/p+1. The van der Waals surface area contributed by atoms with Crippen LogP contribution < -0.4 is 0 Å². The zero-order chi connectivity index (χ0) is 11.6. The summed E-state index contributed by atoms with van der Waals surface area (Å²) in [7, 11) is -8.86. The molecule has 0 heterocycles. The number of hydrogen-bond acceptors (Lipinski definition) is 6. The van der Waals surface area contributed by atoms with E-state index in [4.69, 9.17) is 24.5 Å². The van der Waals surface area contributed by atoms with Crippen LogP contribution in [-0.4, -0.2) is 41.4 Å². The third-order valence-corrected chi connectivity index (χ3v) is 3.71. The normalized spacial score (nSPS) is 15.3. The average Bonchev–Trinajstić information content (AvgIpc) is 1.95. The van der Waals surface area contributed by atoms with Gasteiger partial charge in [-0.05, 0) is 6.42 Å². The Kier molecular flexibility index (Phi) is 5.18. The van der Waals surface area contributed by atoms with Gasteiger partial charge in [0.2, 0.25) is 0 Å². The lowest BCUT2D eigenvalue weighted by Crippen LogP contribution is -2.19. The van der Waals surface area contributed by atoms with Gasteiger partial charge < -0.3 is 9.79 Å². The van der Waals surface area contributed by atoms with E-state index < -0.39 is 32.5 Å². The second-order valence-electron chi connectivity index (χ2n) is 2.60. The molecule has 0 spiro atoms. The van der Waals surface area contributed by atoms with Crippen molar-refractivity contribution in [1.29, 1.82) is 0 Å². The fourth-order valence-electron chi connectivity index (χ4n) is 0.614. The van der Waals surface area contributed by atoms with Gasteiger partial charge in [-0.25, -0.2) is 4.79 Å². The molecule has 0 aromatic rings. The lowest BCUT2D eigenvalue weighted by molar-refractivity contribution is -0.113. The Balaban J connectivity index is 4.18. The summed E-state index contributed by atoms with van der Waals surface area (Å²) in [5.41, 5.74) is -1.31. The highest BCUT2D eigenvalue weighted by atomic mass is 32.1. The molecule has 0 rings (SSSR count). The molecular weight excluding hydrogens is 254 g/mol. The highest BCUT2D eigenvalue weighted by Gasteiger charge is 2.46. The van der Waals surface area contributed by atoms with Crippen LogP contribution in [0, 0.1) is 0 Å². The molecule has 0 saturated heterocycles. The molecule has 0 aromatic carbocycles. The lowest BCUT2D eigenvalue weighted by atomic mass is 10.3. The fraction of sp³-hybridized carbons (Fsp3) is 0.750. The van der Waals surface area contributed by atoms with Crippen LogP contribution in [0.1, 0.15) is 6.42 Å². The Labute approximate surface area is 85.9 Å². The van der Waals surface area contributed by atoms with Gasteiger partial charge in [0.05, 0.1) is 6.16 Å². The Bertz CT molecular complexity index is 255. The van der Waals surface area contributed by atoms with Crippen LogP contribution in [0.2, 0.25) is 0 Å². The van der Waals surface area contributed by atoms with Gasteiger partial charge in [-0.1, -0.05) is 0 Å². The van der Waals surface area contributed by atoms with Crippen LogP contribution >= 0.6 is 28.2 Å². The average molecular weight is 265 g/mol. The minimum Gasteiger partial charge on any atom is -0.324 e. The van der Waals surface area contributed by atoms with Crippen molar-refractivity contribution in [2.45, 2.75) is 11.7 Å². The van der Waals surface area contributed by atoms with E-state index in [1.54, 1.807) is 0 Å². The van der Waals surface area contributed by atoms with Crippen LogP contribution in [0.3, 0.4) is 0 Å². The quantitative estimate of drug-likeness (QED) is 0.280. The molecule has 0 saturated carbocycles. The summed E-state index contributed by atoms with van der Waals surface area (Å²) in [4.78, 5) is 53.3. The van der Waals surface area contributed by atoms with Gasteiger partial charge in [0.15, 0.2) is 0 Å². The maximum Gasteiger partial charge on any atom is 0.479 e. The largest absolute Gasteiger partial charge is 0.479 e. The molecule has 84 valence electrons. The number of carbonyl (C=O) groups excluding carboxylic acids is 1. The minimum absolute atomic E-state index is 0.338. The van der Waals surface area contributed by atoms with Crippen molar-refractivity contribution < 1.29 is 33.8 Å². The molecule has 0 amide bonds. The van der Waals surface area contributed by atoms with Gasteiger partial charge in [0.1, 0.15) is 5.25 Å². The van der Waals surface area contributed by atoms with E-state index in [2.05, 4.69) is 12.6 Å². The second-order valence-corrected chi connectivity index (χ2v) is 6.58. The van der Waals surface area contributed by atoms with E-state index in [1.165, 1.54) is 0 Å². The van der Waals surface area contributed by atoms with Gasteiger partial charge in [0, 0.05) is 0 Å². The van der Waals surface area contributed by atoms with Crippen LogP contribution in [0.4, 0.5) is 0 Å². The maximum absolute atomic E-state index is 10.9. The fourth-order valence-corrected chi connectivity index (χ4v) is 2.53. The van der Waals surface area contributed by atoms with Crippen molar-refractivity contribution in [1.82, 2.24) is 0 Å². The van der Waals surface area contributed by atoms with Crippen molar-refractivity contribution in [3.63, 3.8) is 0 Å². The summed E-state index contributed by atoms with van der Waals surface area (Å²) >= 11 is 3.59. The van der Waals surface area contributed by atoms with Gasteiger partial charge in [-0.3, -0.25) is 4.57 Å². The van der Waals surface area contributed by atoms with E-state index in [-0.39, 0.29) is 6.42 Å². The Morgan fingerprint density at radius 2 is 1.79 bits per heavy atom. The van der Waals surface area contributed by atoms with Crippen LogP contribution in [0.5, 0.6) is 0 Å². The van der Waals surface area contributed by atoms with Crippen molar-refractivity contribution in [3.8, 4) is 0 Å². The SMILES string of the molecule is O=C(C(S)CCP(=O)(O)O)[P+](O)(O)O. The minimum atomic E-state index is -4.61. The van der Waals surface area contributed by atoms with Crippen molar-refractivity contribution in [2.75, 3.05) is 6.16 Å². The molecule has 0 radical (unpaired) electrons. The molecular formula is C4H11O7P2S+. The van der Waals surface area contributed by atoms with Gasteiger partial charge >= 0.3 is 21.1 Å². The third kappa shape index (κ3) is 6.06. The Hall–Kier alpha value is 0.480. The lowest BCUT2D eigenvalue weighted by Gasteiger charge is -2.09. The summed E-state index contributed by atoms with van der Waals surface area (Å²) in [5.74, 6) is 0. The zero-order valence-electron chi connectivity index (χ0n) is 6.89. The van der Waals surface area contributed by atoms with Gasteiger partial charge in [-0.15, -0.1) is 0 Å². The first-order valence-electron chi connectivity index (χ1n) is 3.38. The number of carbonyl (C=O) groups is 1. The van der Waals surface area contributed by atoms with Crippen LogP contribution in [0.15, 0.2) is 0 Å². The molecule has 0 fully saturated rings. The smallest absolute Gasteiger partial charge is 0.324 e. The molecule has 5 N–H and O–H groups in total. The summed E-state index contributed by atoms with van der Waals surface area (Å²) in [5, 5.41) is -1.30. The van der Waals surface area contributed by atoms with E-state index in [9.17, 15) is 9.36 Å². The van der Waals surface area contributed by atoms with Gasteiger partial charge in [-0.2, -0.15) is 27.3 Å². The number of thiol groups is 1. The molecule has 0 aliphatic carbocycles. The first kappa shape index (κ1) is 14.5. The molecule has 1 atom stereocenters. The van der Waals surface area contributed by atoms with Crippen molar-refractivity contribution in [2.24, 2.45) is 0 Å². The molecule has 10 heteroatoms. The summed E-state index contributed by atoms with van der Waals surface area (Å²) in [6, 6.07) is 0. The predicted molar refractivity (Wildman–Crippen MR) is 52.9 cm³/mol.